The quantitative estimate of drug-likeness (QED) is 0.522. The molecule has 0 fully saturated rings. The van der Waals surface area contributed by atoms with Crippen LogP contribution in [0.2, 0.25) is 0 Å². The number of rotatable bonds is 8. The van der Waals surface area contributed by atoms with Crippen molar-refractivity contribution >= 4 is 8.60 Å². The Hall–Kier alpha value is -1.33. The SMILES string of the molecule is C=C1C=CC=CC1.CCCCOP(O)OCCCC.c1c[nH]nn1. The fraction of sp³-hybridized carbons (Fsp3) is 0.529. The third-order valence-electron chi connectivity index (χ3n) is 2.69. The predicted octanol–water partition coefficient (Wildman–Crippen LogP) is 4.70. The molecule has 6 nitrogen and oxygen atoms in total. The highest BCUT2D eigenvalue weighted by molar-refractivity contribution is 7.40. The lowest BCUT2D eigenvalue weighted by atomic mass is 10.1. The molecule has 1 aromatic rings. The summed E-state index contributed by atoms with van der Waals surface area (Å²) in [4.78, 5) is 9.12. The first-order chi connectivity index (χ1) is 11.7. The van der Waals surface area contributed by atoms with Gasteiger partial charge in [0.2, 0.25) is 0 Å². The van der Waals surface area contributed by atoms with Gasteiger partial charge in [0.15, 0.2) is 0 Å². The minimum absolute atomic E-state index is 0.602. The van der Waals surface area contributed by atoms with Gasteiger partial charge in [-0.15, -0.1) is 5.10 Å². The third-order valence-corrected chi connectivity index (χ3v) is 3.50. The van der Waals surface area contributed by atoms with Crippen LogP contribution < -0.4 is 0 Å². The molecular weight excluding hydrogens is 325 g/mol. The van der Waals surface area contributed by atoms with Crippen LogP contribution in [0.4, 0.5) is 0 Å². The van der Waals surface area contributed by atoms with Crippen molar-refractivity contribution in [2.45, 2.75) is 46.0 Å². The summed E-state index contributed by atoms with van der Waals surface area (Å²) in [7, 11) is -1.60. The van der Waals surface area contributed by atoms with Crippen molar-refractivity contribution in [3.63, 3.8) is 0 Å². The molecule has 0 unspecified atom stereocenters. The van der Waals surface area contributed by atoms with E-state index in [0.717, 1.165) is 32.1 Å². The number of allylic oxidation sites excluding steroid dienone is 5. The lowest BCUT2D eigenvalue weighted by Crippen LogP contribution is -1.94. The van der Waals surface area contributed by atoms with E-state index in [0.29, 0.717) is 13.2 Å². The zero-order chi connectivity index (χ0) is 17.9. The number of nitrogens with zero attached hydrogens (tertiary/aromatic N) is 2. The second-order valence-electron chi connectivity index (χ2n) is 4.92. The van der Waals surface area contributed by atoms with Crippen LogP contribution in [0.25, 0.3) is 0 Å². The standard InChI is InChI=1S/C8H19O3P.C7H8.C2H3N3/c1-3-5-7-10-12(9)11-8-6-4-2;1-7-5-3-2-4-6-7;1-2-4-5-3-1/h9H,3-8H2,1-2H3;2-5H,1,6H2;1-2H,(H,3,4,5). The predicted molar refractivity (Wildman–Crippen MR) is 99.3 cm³/mol. The Morgan fingerprint density at radius 2 is 1.88 bits per heavy atom. The first-order valence-electron chi connectivity index (χ1n) is 8.26. The minimum atomic E-state index is -1.60. The lowest BCUT2D eigenvalue weighted by molar-refractivity contribution is 0.196. The Bertz CT molecular complexity index is 409. The zero-order valence-corrected chi connectivity index (χ0v) is 15.6. The second-order valence-corrected chi connectivity index (χ2v) is 5.91. The van der Waals surface area contributed by atoms with Crippen LogP contribution in [0.3, 0.4) is 0 Å². The molecule has 1 heterocycles. The van der Waals surface area contributed by atoms with E-state index < -0.39 is 8.60 Å². The molecule has 0 spiro atoms. The maximum Gasteiger partial charge on any atom is 0.329 e. The van der Waals surface area contributed by atoms with Crippen molar-refractivity contribution in [1.82, 2.24) is 15.4 Å². The van der Waals surface area contributed by atoms with E-state index in [1.54, 1.807) is 12.4 Å². The Balaban J connectivity index is 0.000000366. The minimum Gasteiger partial charge on any atom is -0.328 e. The van der Waals surface area contributed by atoms with E-state index in [4.69, 9.17) is 13.9 Å². The van der Waals surface area contributed by atoms with E-state index in [1.165, 1.54) is 5.57 Å². The lowest BCUT2D eigenvalue weighted by Gasteiger charge is -2.09. The third kappa shape index (κ3) is 17.0. The van der Waals surface area contributed by atoms with Crippen LogP contribution in [0.1, 0.15) is 46.0 Å². The van der Waals surface area contributed by atoms with Crippen molar-refractivity contribution in [2.24, 2.45) is 0 Å². The second kappa shape index (κ2) is 18.0. The smallest absolute Gasteiger partial charge is 0.328 e. The van der Waals surface area contributed by atoms with Gasteiger partial charge >= 0.3 is 8.60 Å². The molecule has 0 saturated carbocycles. The van der Waals surface area contributed by atoms with Crippen molar-refractivity contribution in [3.05, 3.63) is 48.8 Å². The molecule has 2 rings (SSSR count). The maximum atomic E-state index is 9.12. The Morgan fingerprint density at radius 1 is 1.21 bits per heavy atom. The molecule has 0 saturated heterocycles. The number of unbranched alkanes of at least 4 members (excludes halogenated alkanes) is 2. The van der Waals surface area contributed by atoms with Crippen LogP contribution in [0.15, 0.2) is 48.8 Å². The molecule has 7 heteroatoms. The molecule has 0 radical (unpaired) electrons. The molecule has 24 heavy (non-hydrogen) atoms. The van der Waals surface area contributed by atoms with Gasteiger partial charge in [-0.05, 0) is 19.3 Å². The number of H-pyrrole nitrogens is 1. The topological polar surface area (TPSA) is 80.3 Å². The van der Waals surface area contributed by atoms with Gasteiger partial charge in [-0.25, -0.2) is 0 Å². The van der Waals surface area contributed by atoms with Gasteiger partial charge in [0.25, 0.3) is 0 Å². The number of aromatic nitrogens is 3. The maximum absolute atomic E-state index is 9.12. The summed E-state index contributed by atoms with van der Waals surface area (Å²) in [5, 5.41) is 9.26. The molecule has 0 bridgehead atoms. The van der Waals surface area contributed by atoms with Crippen LogP contribution in [0, 0.1) is 0 Å². The monoisotopic (exact) mass is 355 g/mol. The molecule has 0 amide bonds. The number of hydrogen-bond donors (Lipinski definition) is 2. The van der Waals surface area contributed by atoms with Gasteiger partial charge in [-0.3, -0.25) is 5.10 Å². The Morgan fingerprint density at radius 3 is 2.17 bits per heavy atom. The van der Waals surface area contributed by atoms with Crippen molar-refractivity contribution in [3.8, 4) is 0 Å². The van der Waals surface area contributed by atoms with Crippen LogP contribution in [-0.2, 0) is 9.05 Å². The summed E-state index contributed by atoms with van der Waals surface area (Å²) >= 11 is 0. The normalized spacial score (nSPS) is 12.4. The summed E-state index contributed by atoms with van der Waals surface area (Å²) in [5.74, 6) is 0. The number of hydrogen-bond acceptors (Lipinski definition) is 5. The van der Waals surface area contributed by atoms with Crippen LogP contribution in [-0.4, -0.2) is 33.5 Å². The van der Waals surface area contributed by atoms with E-state index in [-0.39, 0.29) is 0 Å². The fourth-order valence-electron chi connectivity index (χ4n) is 1.34. The summed E-state index contributed by atoms with van der Waals surface area (Å²) < 4.78 is 10.1. The van der Waals surface area contributed by atoms with E-state index in [2.05, 4.69) is 41.9 Å². The fourth-order valence-corrected chi connectivity index (χ4v) is 1.98. The Kier molecular flexibility index (Phi) is 17.0. The molecule has 0 aromatic carbocycles. The molecular formula is C17H30N3O3P. The van der Waals surface area contributed by atoms with Gasteiger partial charge in [0.05, 0.1) is 19.4 Å². The number of aromatic amines is 1. The van der Waals surface area contributed by atoms with Crippen LogP contribution in [0.5, 0.6) is 0 Å². The van der Waals surface area contributed by atoms with Gasteiger partial charge < -0.3 is 13.9 Å². The first-order valence-corrected chi connectivity index (χ1v) is 9.39. The summed E-state index contributed by atoms with van der Waals surface area (Å²) in [6, 6.07) is 0. The van der Waals surface area contributed by atoms with E-state index >= 15 is 0 Å². The zero-order valence-electron chi connectivity index (χ0n) is 14.7. The molecule has 1 aromatic heterocycles. The van der Waals surface area contributed by atoms with E-state index in [1.807, 2.05) is 18.2 Å². The molecule has 0 aliphatic heterocycles. The summed E-state index contributed by atoms with van der Waals surface area (Å²) in [6.07, 6.45) is 16.6. The highest BCUT2D eigenvalue weighted by atomic mass is 31.2. The molecule has 136 valence electrons. The van der Waals surface area contributed by atoms with Gasteiger partial charge in [-0.1, -0.05) is 68.4 Å². The highest BCUT2D eigenvalue weighted by Gasteiger charge is 2.04. The summed E-state index contributed by atoms with van der Waals surface area (Å²) in [5.41, 5.74) is 1.20. The van der Waals surface area contributed by atoms with Crippen LogP contribution >= 0.6 is 8.60 Å². The van der Waals surface area contributed by atoms with Crippen molar-refractivity contribution in [1.29, 1.82) is 0 Å². The van der Waals surface area contributed by atoms with Gasteiger partial charge in [-0.2, -0.15) is 0 Å². The first kappa shape index (κ1) is 22.7. The van der Waals surface area contributed by atoms with Gasteiger partial charge in [0.1, 0.15) is 0 Å². The van der Waals surface area contributed by atoms with Crippen molar-refractivity contribution in [2.75, 3.05) is 13.2 Å². The number of nitrogens with one attached hydrogen (secondary N) is 1. The molecule has 0 atom stereocenters. The Labute approximate surface area is 146 Å². The largest absolute Gasteiger partial charge is 0.329 e. The summed E-state index contributed by atoms with van der Waals surface area (Å²) in [6.45, 7) is 9.15. The van der Waals surface area contributed by atoms with Gasteiger partial charge in [0, 0.05) is 6.20 Å². The van der Waals surface area contributed by atoms with E-state index in [9.17, 15) is 0 Å². The average Bonchev–Trinajstić information content (AvgIpc) is 3.16. The molecule has 1 aliphatic carbocycles. The molecule has 2 N–H and O–H groups in total. The molecule has 1 aliphatic rings. The average molecular weight is 355 g/mol. The van der Waals surface area contributed by atoms with Crippen molar-refractivity contribution < 1.29 is 13.9 Å². The highest BCUT2D eigenvalue weighted by Crippen LogP contribution is 2.32.